The molecule has 0 saturated heterocycles. The van der Waals surface area contributed by atoms with Gasteiger partial charge in [0.2, 0.25) is 0 Å². The highest BCUT2D eigenvalue weighted by atomic mass is 16.1. The first-order valence-corrected chi connectivity index (χ1v) is 11.9. The van der Waals surface area contributed by atoms with Crippen molar-refractivity contribution < 1.29 is 4.79 Å². The number of nitrogens with one attached hydrogen (secondary N) is 2. The number of carbonyl (C=O) groups is 1. The Balaban J connectivity index is 1.49. The molecule has 0 saturated carbocycles. The van der Waals surface area contributed by atoms with Crippen molar-refractivity contribution in [2.24, 2.45) is 0 Å². The van der Waals surface area contributed by atoms with E-state index >= 15 is 0 Å². The normalized spacial score (nSPS) is 15.0. The maximum atomic E-state index is 12.7. The van der Waals surface area contributed by atoms with Gasteiger partial charge in [-0.2, -0.15) is 5.26 Å². The number of H-pyrrole nitrogens is 1. The minimum atomic E-state index is -0.346. The molecule has 0 aliphatic carbocycles. The molecule has 0 unspecified atom stereocenters. The van der Waals surface area contributed by atoms with E-state index in [2.05, 4.69) is 73.2 Å². The highest BCUT2D eigenvalue weighted by Gasteiger charge is 2.30. The Morgan fingerprint density at radius 2 is 2.03 bits per heavy atom. The van der Waals surface area contributed by atoms with Crippen molar-refractivity contribution in [1.29, 1.82) is 5.26 Å². The Hall–Kier alpha value is -3.78. The smallest absolute Gasteiger partial charge is 0.261 e. The topological polar surface area (TPSA) is 71.9 Å². The van der Waals surface area contributed by atoms with E-state index in [1.54, 1.807) is 6.08 Å². The van der Waals surface area contributed by atoms with Crippen molar-refractivity contribution in [3.63, 3.8) is 0 Å². The summed E-state index contributed by atoms with van der Waals surface area (Å²) in [7, 11) is 0. The van der Waals surface area contributed by atoms with E-state index in [1.165, 1.54) is 11.3 Å². The van der Waals surface area contributed by atoms with Crippen molar-refractivity contribution >= 4 is 34.1 Å². The number of nitriles is 1. The molecule has 0 atom stereocenters. The number of aromatic amines is 1. The Morgan fingerprint density at radius 3 is 2.79 bits per heavy atom. The fourth-order valence-electron chi connectivity index (χ4n) is 4.88. The number of aromatic nitrogens is 1. The minimum Gasteiger partial charge on any atom is -0.362 e. The quantitative estimate of drug-likeness (QED) is 0.349. The number of carbonyl (C=O) groups excluding carboxylic acids is 1. The molecule has 1 aliphatic rings. The molecule has 5 nitrogen and oxygen atoms in total. The van der Waals surface area contributed by atoms with E-state index < -0.39 is 0 Å². The van der Waals surface area contributed by atoms with Gasteiger partial charge < -0.3 is 15.2 Å². The molecule has 0 spiro atoms. The number of fused-ring (bicyclic) bond motifs is 2. The molecule has 1 aromatic heterocycles. The van der Waals surface area contributed by atoms with Crippen molar-refractivity contribution in [2.75, 3.05) is 18.0 Å². The lowest BCUT2D eigenvalue weighted by atomic mass is 9.87. The van der Waals surface area contributed by atoms with Gasteiger partial charge >= 0.3 is 0 Å². The monoisotopic (exact) mass is 452 g/mol. The van der Waals surface area contributed by atoms with Crippen molar-refractivity contribution in [1.82, 2.24) is 10.3 Å². The first-order chi connectivity index (χ1) is 16.3. The van der Waals surface area contributed by atoms with Gasteiger partial charge in [-0.25, -0.2) is 0 Å². The van der Waals surface area contributed by atoms with Crippen LogP contribution in [0.3, 0.4) is 0 Å². The number of anilines is 1. The molecule has 174 valence electrons. The second-order valence-corrected chi connectivity index (χ2v) is 9.44. The maximum Gasteiger partial charge on any atom is 0.261 e. The lowest BCUT2D eigenvalue weighted by molar-refractivity contribution is -0.117. The van der Waals surface area contributed by atoms with Crippen LogP contribution in [-0.2, 0) is 11.2 Å². The van der Waals surface area contributed by atoms with E-state index in [4.69, 9.17) is 0 Å². The third-order valence-corrected chi connectivity index (χ3v) is 6.48. The number of rotatable bonds is 7. The first-order valence-electron chi connectivity index (χ1n) is 11.9. The lowest BCUT2D eigenvalue weighted by Gasteiger charge is -2.43. The Kier molecular flexibility index (Phi) is 6.61. The summed E-state index contributed by atoms with van der Waals surface area (Å²) in [5.41, 5.74) is 6.71. The number of hydrogen-bond acceptors (Lipinski definition) is 3. The highest BCUT2D eigenvalue weighted by molar-refractivity contribution is 6.02. The number of amides is 1. The van der Waals surface area contributed by atoms with Crippen LogP contribution in [0.25, 0.3) is 22.6 Å². The van der Waals surface area contributed by atoms with E-state index in [0.29, 0.717) is 13.0 Å². The van der Waals surface area contributed by atoms with Crippen molar-refractivity contribution in [3.8, 4) is 6.07 Å². The Morgan fingerprint density at radius 1 is 1.24 bits per heavy atom. The van der Waals surface area contributed by atoms with Crippen LogP contribution in [0.5, 0.6) is 0 Å². The van der Waals surface area contributed by atoms with Crippen LogP contribution in [0, 0.1) is 11.3 Å². The average Bonchev–Trinajstić information content (AvgIpc) is 3.23. The highest BCUT2D eigenvalue weighted by Crippen LogP contribution is 2.39. The van der Waals surface area contributed by atoms with E-state index in [9.17, 15) is 10.1 Å². The van der Waals surface area contributed by atoms with Gasteiger partial charge in [0.05, 0.1) is 5.54 Å². The van der Waals surface area contributed by atoms with Gasteiger partial charge in [0.25, 0.3) is 5.91 Å². The molecule has 5 heteroatoms. The molecule has 0 radical (unpaired) electrons. The van der Waals surface area contributed by atoms with Crippen LogP contribution in [0.15, 0.2) is 60.3 Å². The molecule has 1 aliphatic heterocycles. The second-order valence-electron chi connectivity index (χ2n) is 9.44. The molecule has 1 amide bonds. The van der Waals surface area contributed by atoms with Gasteiger partial charge in [0, 0.05) is 41.4 Å². The van der Waals surface area contributed by atoms with Gasteiger partial charge in [-0.1, -0.05) is 37.3 Å². The van der Waals surface area contributed by atoms with Crippen LogP contribution in [0.4, 0.5) is 5.69 Å². The van der Waals surface area contributed by atoms with Gasteiger partial charge in [-0.15, -0.1) is 0 Å². The van der Waals surface area contributed by atoms with Gasteiger partial charge in [0.1, 0.15) is 11.6 Å². The van der Waals surface area contributed by atoms with E-state index in [1.807, 2.05) is 30.5 Å². The van der Waals surface area contributed by atoms with E-state index in [0.717, 1.165) is 40.6 Å². The fourth-order valence-corrected chi connectivity index (χ4v) is 4.88. The first kappa shape index (κ1) is 23.4. The van der Waals surface area contributed by atoms with Gasteiger partial charge in [-0.3, -0.25) is 4.79 Å². The van der Waals surface area contributed by atoms with Crippen molar-refractivity contribution in [3.05, 3.63) is 77.0 Å². The molecule has 2 heterocycles. The van der Waals surface area contributed by atoms with Gasteiger partial charge in [0.15, 0.2) is 0 Å². The van der Waals surface area contributed by atoms with Gasteiger partial charge in [-0.05, 0) is 74.6 Å². The fraction of sp³-hybridized carbons (Fsp3) is 0.310. The summed E-state index contributed by atoms with van der Waals surface area (Å²) >= 11 is 0. The third kappa shape index (κ3) is 4.63. The van der Waals surface area contributed by atoms with Crippen LogP contribution < -0.4 is 10.2 Å². The molecule has 4 rings (SSSR count). The molecule has 34 heavy (non-hydrogen) atoms. The second kappa shape index (κ2) is 9.61. The zero-order chi connectivity index (χ0) is 24.3. The summed E-state index contributed by atoms with van der Waals surface area (Å²) in [5, 5.41) is 13.7. The summed E-state index contributed by atoms with van der Waals surface area (Å²) < 4.78 is 0. The molecule has 0 fully saturated rings. The summed E-state index contributed by atoms with van der Waals surface area (Å²) in [6.07, 6.45) is 7.71. The molecule has 2 N–H and O–H groups in total. The van der Waals surface area contributed by atoms with Crippen molar-refractivity contribution in [2.45, 2.75) is 46.1 Å². The Labute approximate surface area is 201 Å². The van der Waals surface area contributed by atoms with Crippen LogP contribution in [0.2, 0.25) is 0 Å². The zero-order valence-electron chi connectivity index (χ0n) is 20.4. The van der Waals surface area contributed by atoms with E-state index in [-0.39, 0.29) is 17.0 Å². The summed E-state index contributed by atoms with van der Waals surface area (Å²) in [4.78, 5) is 18.4. The largest absolute Gasteiger partial charge is 0.362 e. The Bertz CT molecular complexity index is 1320. The number of benzene rings is 2. The SMILES string of the molecule is CCCN1c2ccc(/C=C(\C#N)C(=O)NCCc3c[nH]c4ccccc34)cc2C(C)=CC1(C)C. The molecular formula is C29H32N4O. The predicted molar refractivity (Wildman–Crippen MR) is 140 cm³/mol. The maximum absolute atomic E-state index is 12.7. The van der Waals surface area contributed by atoms with Crippen LogP contribution >= 0.6 is 0 Å². The standard InChI is InChI=1S/C29H32N4O/c1-5-14-33-27-11-10-21(16-25(27)20(2)17-29(33,3)4)15-23(18-30)28(34)31-13-12-22-19-32-26-9-7-6-8-24(22)26/h6-11,15-17,19,32H,5,12-14H2,1-4H3,(H,31,34)/b23-15+. The zero-order valence-corrected chi connectivity index (χ0v) is 20.4. The summed E-state index contributed by atoms with van der Waals surface area (Å²) in [5.74, 6) is -0.346. The summed E-state index contributed by atoms with van der Waals surface area (Å²) in [6, 6.07) is 16.4. The molecule has 3 aromatic rings. The molecule has 0 bridgehead atoms. The molecule has 2 aromatic carbocycles. The van der Waals surface area contributed by atoms with Crippen LogP contribution in [0.1, 0.15) is 50.8 Å². The minimum absolute atomic E-state index is 0.0487. The average molecular weight is 453 g/mol. The number of para-hydroxylation sites is 1. The predicted octanol–water partition coefficient (Wildman–Crippen LogP) is 5.85. The number of allylic oxidation sites excluding steroid dienone is 1. The van der Waals surface area contributed by atoms with Crippen LogP contribution in [-0.4, -0.2) is 29.5 Å². The number of nitrogens with zero attached hydrogens (tertiary/aromatic N) is 2. The third-order valence-electron chi connectivity index (χ3n) is 6.48. The lowest BCUT2D eigenvalue weighted by Crippen LogP contribution is -2.45. The number of hydrogen-bond donors (Lipinski definition) is 2. The summed E-state index contributed by atoms with van der Waals surface area (Å²) in [6.45, 7) is 10.2. The molecular weight excluding hydrogens is 420 g/mol.